The summed E-state index contributed by atoms with van der Waals surface area (Å²) in [4.78, 5) is 23.9. The molecule has 122 valence electrons. The SMILES string of the molecule is NC(=O)/C(=C/c1ccc2c(c1)OCO2)NC(=O)c1ccccc1Cl. The maximum absolute atomic E-state index is 12.3. The van der Waals surface area contributed by atoms with Gasteiger partial charge >= 0.3 is 0 Å². The second-order valence-electron chi connectivity index (χ2n) is 4.97. The number of benzene rings is 2. The Morgan fingerprint density at radius 1 is 1.12 bits per heavy atom. The van der Waals surface area contributed by atoms with Crippen LogP contribution >= 0.6 is 11.6 Å². The topological polar surface area (TPSA) is 90.7 Å². The maximum atomic E-state index is 12.3. The van der Waals surface area contributed by atoms with Crippen molar-refractivity contribution in [3.8, 4) is 11.5 Å². The van der Waals surface area contributed by atoms with Crippen LogP contribution in [-0.4, -0.2) is 18.6 Å². The molecular formula is C17H13ClN2O4. The fourth-order valence-electron chi connectivity index (χ4n) is 2.17. The van der Waals surface area contributed by atoms with Gasteiger partial charge in [0, 0.05) is 0 Å². The van der Waals surface area contributed by atoms with Crippen molar-refractivity contribution in [2.24, 2.45) is 5.73 Å². The molecule has 3 rings (SSSR count). The lowest BCUT2D eigenvalue weighted by molar-refractivity contribution is -0.114. The van der Waals surface area contributed by atoms with E-state index in [1.54, 1.807) is 42.5 Å². The van der Waals surface area contributed by atoms with E-state index in [0.29, 0.717) is 17.1 Å². The van der Waals surface area contributed by atoms with Crippen LogP contribution in [0.5, 0.6) is 11.5 Å². The number of carbonyl (C=O) groups excluding carboxylic acids is 2. The summed E-state index contributed by atoms with van der Waals surface area (Å²) in [6.45, 7) is 0.147. The summed E-state index contributed by atoms with van der Waals surface area (Å²) in [5, 5.41) is 2.76. The van der Waals surface area contributed by atoms with Gasteiger partial charge in [-0.05, 0) is 35.9 Å². The van der Waals surface area contributed by atoms with Crippen LogP contribution in [0.1, 0.15) is 15.9 Å². The monoisotopic (exact) mass is 344 g/mol. The predicted octanol–water partition coefficient (Wildman–Crippen LogP) is 2.32. The van der Waals surface area contributed by atoms with E-state index in [4.69, 9.17) is 26.8 Å². The normalized spacial score (nSPS) is 12.8. The third-order valence-electron chi connectivity index (χ3n) is 3.34. The molecule has 3 N–H and O–H groups in total. The van der Waals surface area contributed by atoms with E-state index in [9.17, 15) is 9.59 Å². The number of fused-ring (bicyclic) bond motifs is 1. The van der Waals surface area contributed by atoms with Crippen molar-refractivity contribution < 1.29 is 19.1 Å². The molecule has 0 atom stereocenters. The van der Waals surface area contributed by atoms with Crippen LogP contribution in [0.2, 0.25) is 5.02 Å². The number of amides is 2. The zero-order valence-corrected chi connectivity index (χ0v) is 13.2. The van der Waals surface area contributed by atoms with Crippen LogP contribution in [0, 0.1) is 0 Å². The highest BCUT2D eigenvalue weighted by molar-refractivity contribution is 6.34. The Bertz CT molecular complexity index is 848. The van der Waals surface area contributed by atoms with Crippen molar-refractivity contribution in [3.05, 3.63) is 64.3 Å². The van der Waals surface area contributed by atoms with Crippen LogP contribution in [0.15, 0.2) is 48.2 Å². The lowest BCUT2D eigenvalue weighted by Crippen LogP contribution is -2.31. The van der Waals surface area contributed by atoms with E-state index < -0.39 is 11.8 Å². The molecule has 0 bridgehead atoms. The summed E-state index contributed by atoms with van der Waals surface area (Å²) in [6, 6.07) is 11.6. The molecular weight excluding hydrogens is 332 g/mol. The number of nitrogens with one attached hydrogen (secondary N) is 1. The number of hydrogen-bond donors (Lipinski definition) is 2. The second kappa shape index (κ2) is 6.64. The highest BCUT2D eigenvalue weighted by Crippen LogP contribution is 2.33. The Morgan fingerprint density at radius 2 is 1.88 bits per heavy atom. The van der Waals surface area contributed by atoms with Crippen molar-refractivity contribution in [2.45, 2.75) is 0 Å². The zero-order valence-electron chi connectivity index (χ0n) is 12.4. The van der Waals surface area contributed by atoms with Gasteiger partial charge in [-0.1, -0.05) is 29.8 Å². The Morgan fingerprint density at radius 3 is 2.62 bits per heavy atom. The highest BCUT2D eigenvalue weighted by Gasteiger charge is 2.16. The summed E-state index contributed by atoms with van der Waals surface area (Å²) in [7, 11) is 0. The van der Waals surface area contributed by atoms with Gasteiger partial charge in [0.25, 0.3) is 11.8 Å². The summed E-state index contributed by atoms with van der Waals surface area (Å²) in [6.07, 6.45) is 1.46. The maximum Gasteiger partial charge on any atom is 0.265 e. The standard InChI is InChI=1S/C17H13ClN2O4/c18-12-4-2-1-3-11(12)17(22)20-13(16(19)21)7-10-5-6-14-15(8-10)24-9-23-14/h1-8H,9H2,(H2,19,21)(H,20,22)/b13-7-. The van der Waals surface area contributed by atoms with E-state index in [1.165, 1.54) is 6.08 Å². The largest absolute Gasteiger partial charge is 0.454 e. The summed E-state index contributed by atoms with van der Waals surface area (Å²) < 4.78 is 10.5. The second-order valence-corrected chi connectivity index (χ2v) is 5.38. The third kappa shape index (κ3) is 3.33. The molecule has 1 aliphatic heterocycles. The lowest BCUT2D eigenvalue weighted by Gasteiger charge is -2.08. The van der Waals surface area contributed by atoms with Crippen LogP contribution in [0.25, 0.3) is 6.08 Å². The average Bonchev–Trinajstić information content (AvgIpc) is 3.02. The lowest BCUT2D eigenvalue weighted by atomic mass is 10.1. The van der Waals surface area contributed by atoms with E-state index in [0.717, 1.165) is 0 Å². The van der Waals surface area contributed by atoms with Gasteiger partial charge in [-0.15, -0.1) is 0 Å². The van der Waals surface area contributed by atoms with Gasteiger partial charge < -0.3 is 20.5 Å². The molecule has 0 unspecified atom stereocenters. The minimum Gasteiger partial charge on any atom is -0.454 e. The molecule has 6 nitrogen and oxygen atoms in total. The fraction of sp³-hybridized carbons (Fsp3) is 0.0588. The van der Waals surface area contributed by atoms with Crippen molar-refractivity contribution in [1.29, 1.82) is 0 Å². The van der Waals surface area contributed by atoms with E-state index >= 15 is 0 Å². The number of primary amides is 1. The van der Waals surface area contributed by atoms with Crippen LogP contribution < -0.4 is 20.5 Å². The van der Waals surface area contributed by atoms with Gasteiger partial charge in [0.2, 0.25) is 6.79 Å². The van der Waals surface area contributed by atoms with Crippen LogP contribution in [0.3, 0.4) is 0 Å². The number of hydrogen-bond acceptors (Lipinski definition) is 4. The molecule has 24 heavy (non-hydrogen) atoms. The van der Waals surface area contributed by atoms with Crippen LogP contribution in [0.4, 0.5) is 0 Å². The Hall–Kier alpha value is -2.99. The molecule has 1 heterocycles. The van der Waals surface area contributed by atoms with Gasteiger partial charge in [0.05, 0.1) is 10.6 Å². The third-order valence-corrected chi connectivity index (χ3v) is 3.67. The van der Waals surface area contributed by atoms with Gasteiger partial charge in [-0.2, -0.15) is 0 Å². The number of ether oxygens (including phenoxy) is 2. The first-order valence-electron chi connectivity index (χ1n) is 7.01. The highest BCUT2D eigenvalue weighted by atomic mass is 35.5. The molecule has 0 saturated carbocycles. The summed E-state index contributed by atoms with van der Waals surface area (Å²) in [5.41, 5.74) is 6.17. The fourth-order valence-corrected chi connectivity index (χ4v) is 2.39. The zero-order chi connectivity index (χ0) is 17.1. The molecule has 1 aliphatic rings. The van der Waals surface area contributed by atoms with Crippen molar-refractivity contribution in [1.82, 2.24) is 5.32 Å². The summed E-state index contributed by atoms with van der Waals surface area (Å²) >= 11 is 5.98. The molecule has 2 amide bonds. The average molecular weight is 345 g/mol. The Labute approximate surface area is 142 Å². The molecule has 2 aromatic carbocycles. The van der Waals surface area contributed by atoms with E-state index in [1.807, 2.05) is 0 Å². The van der Waals surface area contributed by atoms with Crippen molar-refractivity contribution in [2.75, 3.05) is 6.79 Å². The van der Waals surface area contributed by atoms with Gasteiger partial charge in [0.1, 0.15) is 5.70 Å². The minimum absolute atomic E-state index is 0.0567. The molecule has 0 aromatic heterocycles. The molecule has 0 spiro atoms. The van der Waals surface area contributed by atoms with Crippen molar-refractivity contribution in [3.63, 3.8) is 0 Å². The first-order valence-corrected chi connectivity index (χ1v) is 7.39. The summed E-state index contributed by atoms with van der Waals surface area (Å²) in [5.74, 6) is -0.114. The van der Waals surface area contributed by atoms with Gasteiger partial charge in [-0.25, -0.2) is 0 Å². The molecule has 0 aliphatic carbocycles. The first kappa shape index (κ1) is 15.9. The van der Waals surface area contributed by atoms with E-state index in [2.05, 4.69) is 5.32 Å². The first-order chi connectivity index (χ1) is 11.5. The molecule has 0 radical (unpaired) electrons. The van der Waals surface area contributed by atoms with Gasteiger partial charge in [0.15, 0.2) is 11.5 Å². The number of rotatable bonds is 4. The number of halogens is 1. The Balaban J connectivity index is 1.86. The van der Waals surface area contributed by atoms with E-state index in [-0.39, 0.29) is 23.1 Å². The van der Waals surface area contributed by atoms with Crippen LogP contribution in [-0.2, 0) is 4.79 Å². The predicted molar refractivity (Wildman–Crippen MR) is 88.7 cm³/mol. The minimum atomic E-state index is -0.770. The van der Waals surface area contributed by atoms with Crippen molar-refractivity contribution >= 4 is 29.5 Å². The van der Waals surface area contributed by atoms with Gasteiger partial charge in [-0.3, -0.25) is 9.59 Å². The molecule has 0 fully saturated rings. The quantitative estimate of drug-likeness (QED) is 0.833. The smallest absolute Gasteiger partial charge is 0.265 e. The molecule has 7 heteroatoms. The molecule has 0 saturated heterocycles. The molecule has 2 aromatic rings. The number of nitrogens with two attached hydrogens (primary N) is 1. The number of carbonyl (C=O) groups is 2. The Kier molecular flexibility index (Phi) is 4.39.